The van der Waals surface area contributed by atoms with E-state index in [9.17, 15) is 4.79 Å². The van der Waals surface area contributed by atoms with Crippen LogP contribution in [0.2, 0.25) is 0 Å². The van der Waals surface area contributed by atoms with Gasteiger partial charge in [0, 0.05) is 0 Å². The van der Waals surface area contributed by atoms with Crippen LogP contribution in [-0.2, 0) is 9.53 Å². The topological polar surface area (TPSA) is 29.6 Å². The Labute approximate surface area is 80.0 Å². The number of rotatable bonds is 7. The van der Waals surface area contributed by atoms with Crippen LogP contribution >= 0.6 is 0 Å². The average molecular weight is 182 g/mol. The lowest BCUT2D eigenvalue weighted by Gasteiger charge is -1.97. The smallest absolute Gasteiger partial charge is 0.221 e. The van der Waals surface area contributed by atoms with Crippen LogP contribution in [0.3, 0.4) is 0 Å². The summed E-state index contributed by atoms with van der Waals surface area (Å²) in [4.78, 5) is 10.1. The molecule has 74 valence electrons. The standard InChI is InChI=1S/C11H18O2/c1-2-3-4-5-6-7-8-10-11(9-12)13-10/h10H,2-8H2,1H3. The second-order valence-corrected chi connectivity index (χ2v) is 3.63. The molecule has 0 spiro atoms. The van der Waals surface area contributed by atoms with Crippen LogP contribution < -0.4 is 0 Å². The first kappa shape index (κ1) is 10.3. The lowest BCUT2D eigenvalue weighted by Crippen LogP contribution is -1.85. The third kappa shape index (κ3) is 4.14. The number of hydrogen-bond acceptors (Lipinski definition) is 2. The van der Waals surface area contributed by atoms with Gasteiger partial charge in [0.15, 0.2) is 12.0 Å². The normalized spacial score (nSPS) is 19.5. The molecule has 1 heterocycles. The third-order valence-electron chi connectivity index (χ3n) is 2.42. The second kappa shape index (κ2) is 5.82. The molecular weight excluding hydrogens is 164 g/mol. The van der Waals surface area contributed by atoms with Gasteiger partial charge >= 0.3 is 0 Å². The van der Waals surface area contributed by atoms with E-state index in [-0.39, 0.29) is 6.10 Å². The predicted octanol–water partition coefficient (Wildman–Crippen LogP) is 2.85. The molecule has 1 unspecified atom stereocenters. The molecule has 0 aliphatic carbocycles. The molecule has 0 amide bonds. The predicted molar refractivity (Wildman–Crippen MR) is 52.1 cm³/mol. The van der Waals surface area contributed by atoms with Gasteiger partial charge in [0.05, 0.1) is 0 Å². The maximum absolute atomic E-state index is 10.1. The number of epoxide rings is 1. The molecule has 0 bridgehead atoms. The molecule has 2 nitrogen and oxygen atoms in total. The monoisotopic (exact) mass is 182 g/mol. The highest BCUT2D eigenvalue weighted by atomic mass is 16.6. The zero-order valence-corrected chi connectivity index (χ0v) is 8.34. The van der Waals surface area contributed by atoms with Gasteiger partial charge in [-0.2, -0.15) is 0 Å². The first-order valence-corrected chi connectivity index (χ1v) is 5.30. The summed E-state index contributed by atoms with van der Waals surface area (Å²) < 4.78 is 4.99. The fraction of sp³-hybridized carbons (Fsp3) is 0.818. The van der Waals surface area contributed by atoms with Crippen molar-refractivity contribution in [1.82, 2.24) is 0 Å². The minimum Gasteiger partial charge on any atom is -0.471 e. The first-order valence-electron chi connectivity index (χ1n) is 5.30. The largest absolute Gasteiger partial charge is 0.471 e. The number of hydrogen-bond donors (Lipinski definition) is 0. The van der Waals surface area contributed by atoms with Crippen LogP contribution in [0.15, 0.2) is 5.76 Å². The van der Waals surface area contributed by atoms with Gasteiger partial charge < -0.3 is 4.74 Å². The SMILES string of the molecule is CCCCCCCCC1OC1=C=O. The van der Waals surface area contributed by atoms with Crippen molar-refractivity contribution in [3.8, 4) is 0 Å². The van der Waals surface area contributed by atoms with Crippen LogP contribution in [0.5, 0.6) is 0 Å². The van der Waals surface area contributed by atoms with Gasteiger partial charge in [-0.05, 0) is 12.8 Å². The Morgan fingerprint density at radius 1 is 1.23 bits per heavy atom. The van der Waals surface area contributed by atoms with Crippen LogP contribution in [-0.4, -0.2) is 12.0 Å². The molecule has 1 saturated heterocycles. The molecule has 1 aliphatic rings. The summed E-state index contributed by atoms with van der Waals surface area (Å²) in [6.07, 6.45) is 8.90. The van der Waals surface area contributed by atoms with Gasteiger partial charge in [-0.1, -0.05) is 39.0 Å². The number of ether oxygens (including phenoxy) is 1. The highest BCUT2D eigenvalue weighted by Gasteiger charge is 2.33. The Morgan fingerprint density at radius 2 is 1.92 bits per heavy atom. The number of carbonyl (C=O) groups excluding carboxylic acids is 1. The van der Waals surface area contributed by atoms with Crippen molar-refractivity contribution in [3.05, 3.63) is 5.76 Å². The van der Waals surface area contributed by atoms with Crippen molar-refractivity contribution in [2.75, 3.05) is 0 Å². The van der Waals surface area contributed by atoms with Gasteiger partial charge in [0.25, 0.3) is 0 Å². The Kier molecular flexibility index (Phi) is 4.63. The van der Waals surface area contributed by atoms with Gasteiger partial charge in [-0.3, -0.25) is 0 Å². The summed E-state index contributed by atoms with van der Waals surface area (Å²) in [6, 6.07) is 0. The molecule has 1 rings (SSSR count). The van der Waals surface area contributed by atoms with E-state index >= 15 is 0 Å². The zero-order chi connectivity index (χ0) is 9.52. The average Bonchev–Trinajstić information content (AvgIpc) is 2.90. The fourth-order valence-corrected chi connectivity index (χ4v) is 1.51. The van der Waals surface area contributed by atoms with E-state index in [1.165, 1.54) is 38.5 Å². The molecule has 1 aliphatic heterocycles. The van der Waals surface area contributed by atoms with E-state index in [0.29, 0.717) is 5.76 Å². The van der Waals surface area contributed by atoms with E-state index in [0.717, 1.165) is 6.42 Å². The minimum atomic E-state index is 0.128. The van der Waals surface area contributed by atoms with E-state index in [1.807, 2.05) is 0 Å². The molecule has 2 heteroatoms. The molecule has 1 fully saturated rings. The van der Waals surface area contributed by atoms with Crippen molar-refractivity contribution in [2.24, 2.45) is 0 Å². The summed E-state index contributed by atoms with van der Waals surface area (Å²) in [6.45, 7) is 2.22. The number of unbranched alkanes of at least 4 members (excludes halogenated alkanes) is 5. The quantitative estimate of drug-likeness (QED) is 0.344. The van der Waals surface area contributed by atoms with Crippen LogP contribution in [0, 0.1) is 0 Å². The summed E-state index contributed by atoms with van der Waals surface area (Å²) >= 11 is 0. The van der Waals surface area contributed by atoms with E-state index in [1.54, 1.807) is 5.94 Å². The molecule has 0 N–H and O–H groups in total. The van der Waals surface area contributed by atoms with Crippen molar-refractivity contribution in [3.63, 3.8) is 0 Å². The summed E-state index contributed by atoms with van der Waals surface area (Å²) in [5, 5.41) is 0. The summed E-state index contributed by atoms with van der Waals surface area (Å²) in [5.41, 5.74) is 0. The van der Waals surface area contributed by atoms with Crippen LogP contribution in [0.25, 0.3) is 0 Å². The maximum Gasteiger partial charge on any atom is 0.221 e. The van der Waals surface area contributed by atoms with E-state index in [4.69, 9.17) is 4.74 Å². The highest BCUT2D eigenvalue weighted by Crippen LogP contribution is 2.28. The third-order valence-corrected chi connectivity index (χ3v) is 2.42. The van der Waals surface area contributed by atoms with Gasteiger partial charge in [0.2, 0.25) is 5.76 Å². The lowest BCUT2D eigenvalue weighted by atomic mass is 10.1. The maximum atomic E-state index is 10.1. The molecule has 0 aromatic carbocycles. The Balaban J connectivity index is 1.83. The van der Waals surface area contributed by atoms with Gasteiger partial charge in [-0.15, -0.1) is 0 Å². The Morgan fingerprint density at radius 3 is 2.54 bits per heavy atom. The Bertz CT molecular complexity index is 192. The molecular formula is C11H18O2. The molecule has 0 aromatic heterocycles. The second-order valence-electron chi connectivity index (χ2n) is 3.63. The van der Waals surface area contributed by atoms with E-state index < -0.39 is 0 Å². The van der Waals surface area contributed by atoms with Crippen LogP contribution in [0.4, 0.5) is 0 Å². The van der Waals surface area contributed by atoms with Gasteiger partial charge in [-0.25, -0.2) is 4.79 Å². The summed E-state index contributed by atoms with van der Waals surface area (Å²) in [7, 11) is 0. The van der Waals surface area contributed by atoms with Crippen molar-refractivity contribution < 1.29 is 9.53 Å². The first-order chi connectivity index (χ1) is 6.38. The molecule has 0 radical (unpaired) electrons. The van der Waals surface area contributed by atoms with Crippen molar-refractivity contribution in [2.45, 2.75) is 58.0 Å². The summed E-state index contributed by atoms with van der Waals surface area (Å²) in [5.74, 6) is 2.33. The van der Waals surface area contributed by atoms with Crippen molar-refractivity contribution >= 4 is 5.94 Å². The molecule has 13 heavy (non-hydrogen) atoms. The van der Waals surface area contributed by atoms with Crippen LogP contribution in [0.1, 0.15) is 51.9 Å². The van der Waals surface area contributed by atoms with Crippen molar-refractivity contribution in [1.29, 1.82) is 0 Å². The molecule has 1 atom stereocenters. The molecule has 0 aromatic rings. The van der Waals surface area contributed by atoms with Gasteiger partial charge in [0.1, 0.15) is 0 Å². The minimum absolute atomic E-state index is 0.128. The molecule has 0 saturated carbocycles. The fourth-order valence-electron chi connectivity index (χ4n) is 1.51. The van der Waals surface area contributed by atoms with E-state index in [2.05, 4.69) is 6.92 Å². The zero-order valence-electron chi connectivity index (χ0n) is 8.34. The Hall–Kier alpha value is -0.750. The lowest BCUT2D eigenvalue weighted by molar-refractivity contribution is 0.401. The highest BCUT2D eigenvalue weighted by molar-refractivity contribution is 5.55.